The van der Waals surface area contributed by atoms with Crippen LogP contribution in [0.1, 0.15) is 90.0 Å². The van der Waals surface area contributed by atoms with Crippen molar-refractivity contribution in [2.24, 2.45) is 11.8 Å². The van der Waals surface area contributed by atoms with E-state index >= 15 is 0 Å². The number of ether oxygens (including phenoxy) is 1. The number of carbonyl (C=O) groups is 2. The highest BCUT2D eigenvalue weighted by atomic mass is 16.5. The second-order valence-electron chi connectivity index (χ2n) is 9.91. The van der Waals surface area contributed by atoms with Gasteiger partial charge < -0.3 is 4.74 Å². The molecule has 1 fully saturated rings. The lowest BCUT2D eigenvalue weighted by atomic mass is 9.77. The third-order valence-electron chi connectivity index (χ3n) is 7.24. The lowest BCUT2D eigenvalue weighted by Gasteiger charge is -2.25. The minimum absolute atomic E-state index is 0.0785. The minimum atomic E-state index is -0.393. The number of unbranched alkanes of at least 4 members (excludes halogenated alkanes) is 6. The Hall–Kier alpha value is -2.42. The van der Waals surface area contributed by atoms with Gasteiger partial charge in [-0.1, -0.05) is 95.2 Å². The lowest BCUT2D eigenvalue weighted by Crippen LogP contribution is -2.31. The van der Waals surface area contributed by atoms with E-state index in [9.17, 15) is 9.59 Å². The second kappa shape index (κ2) is 14.1. The van der Waals surface area contributed by atoms with Crippen molar-refractivity contribution in [2.45, 2.75) is 90.9 Å². The van der Waals surface area contributed by atoms with E-state index in [4.69, 9.17) is 4.74 Å². The standard InChI is InChI=1S/C31H42O3/c1-3-5-6-7-8-9-10-21-34-28-18-16-27(17-19-28)26-14-11-25(12-15-26)23-31(33)29-20-13-24(4-2)22-30(29)32/h11-12,14-19,24,29H,3-10,13,20-23H2,1-2H3. The molecule has 2 unspecified atom stereocenters. The maximum absolute atomic E-state index is 12.7. The van der Waals surface area contributed by atoms with Crippen molar-refractivity contribution in [2.75, 3.05) is 6.61 Å². The van der Waals surface area contributed by atoms with E-state index in [2.05, 4.69) is 38.1 Å². The highest BCUT2D eigenvalue weighted by molar-refractivity contribution is 6.03. The van der Waals surface area contributed by atoms with Gasteiger partial charge in [0.05, 0.1) is 12.5 Å². The maximum Gasteiger partial charge on any atom is 0.147 e. The van der Waals surface area contributed by atoms with Crippen molar-refractivity contribution in [1.82, 2.24) is 0 Å². The van der Waals surface area contributed by atoms with Gasteiger partial charge in [-0.15, -0.1) is 0 Å². The van der Waals surface area contributed by atoms with Gasteiger partial charge in [-0.25, -0.2) is 0 Å². The molecule has 3 rings (SSSR count). The van der Waals surface area contributed by atoms with Crippen LogP contribution in [0, 0.1) is 11.8 Å². The molecule has 0 bridgehead atoms. The quantitative estimate of drug-likeness (QED) is 0.211. The van der Waals surface area contributed by atoms with Gasteiger partial charge in [-0.3, -0.25) is 9.59 Å². The van der Waals surface area contributed by atoms with E-state index in [-0.39, 0.29) is 11.6 Å². The molecule has 0 spiro atoms. The van der Waals surface area contributed by atoms with Crippen molar-refractivity contribution in [3.05, 3.63) is 54.1 Å². The third-order valence-corrected chi connectivity index (χ3v) is 7.24. The summed E-state index contributed by atoms with van der Waals surface area (Å²) in [5.74, 6) is 1.21. The fourth-order valence-corrected chi connectivity index (χ4v) is 4.91. The topological polar surface area (TPSA) is 43.4 Å². The Labute approximate surface area is 206 Å². The van der Waals surface area contributed by atoms with E-state index in [1.54, 1.807) is 0 Å². The molecular formula is C31H42O3. The van der Waals surface area contributed by atoms with Crippen LogP contribution in [-0.2, 0) is 16.0 Å². The minimum Gasteiger partial charge on any atom is -0.494 e. The zero-order chi connectivity index (χ0) is 24.2. The van der Waals surface area contributed by atoms with Crippen molar-refractivity contribution in [1.29, 1.82) is 0 Å². The van der Waals surface area contributed by atoms with E-state index in [0.717, 1.165) is 54.7 Å². The van der Waals surface area contributed by atoms with Crippen LogP contribution in [0.4, 0.5) is 0 Å². The molecule has 1 aliphatic carbocycles. The molecule has 3 heteroatoms. The van der Waals surface area contributed by atoms with E-state index < -0.39 is 5.92 Å². The molecule has 3 nitrogen and oxygen atoms in total. The van der Waals surface area contributed by atoms with E-state index in [0.29, 0.717) is 18.8 Å². The zero-order valence-electron chi connectivity index (χ0n) is 21.2. The molecule has 1 aliphatic rings. The molecule has 0 amide bonds. The molecule has 2 aromatic carbocycles. The Balaban J connectivity index is 1.43. The first kappa shape index (κ1) is 26.2. The molecule has 34 heavy (non-hydrogen) atoms. The van der Waals surface area contributed by atoms with Gasteiger partial charge >= 0.3 is 0 Å². The van der Waals surface area contributed by atoms with Crippen LogP contribution >= 0.6 is 0 Å². The molecule has 0 heterocycles. The van der Waals surface area contributed by atoms with Crippen LogP contribution in [0.15, 0.2) is 48.5 Å². The smallest absolute Gasteiger partial charge is 0.147 e. The number of hydrogen-bond donors (Lipinski definition) is 0. The van der Waals surface area contributed by atoms with Crippen molar-refractivity contribution in [3.63, 3.8) is 0 Å². The lowest BCUT2D eigenvalue weighted by molar-refractivity contribution is -0.135. The van der Waals surface area contributed by atoms with Crippen molar-refractivity contribution in [3.8, 4) is 16.9 Å². The van der Waals surface area contributed by atoms with E-state index in [1.807, 2.05) is 24.3 Å². The summed E-state index contributed by atoms with van der Waals surface area (Å²) in [6.07, 6.45) is 12.7. The Morgan fingerprint density at radius 2 is 1.44 bits per heavy atom. The number of ketones is 2. The molecule has 0 aliphatic heterocycles. The van der Waals surface area contributed by atoms with Crippen LogP contribution in [-0.4, -0.2) is 18.2 Å². The van der Waals surface area contributed by atoms with Crippen LogP contribution in [0.3, 0.4) is 0 Å². The molecule has 184 valence electrons. The van der Waals surface area contributed by atoms with Gasteiger partial charge in [-0.2, -0.15) is 0 Å². The van der Waals surface area contributed by atoms with Gasteiger partial charge in [0.15, 0.2) is 0 Å². The van der Waals surface area contributed by atoms with Gasteiger partial charge in [0, 0.05) is 12.8 Å². The Morgan fingerprint density at radius 1 is 0.824 bits per heavy atom. The van der Waals surface area contributed by atoms with E-state index in [1.165, 1.54) is 38.5 Å². The zero-order valence-corrected chi connectivity index (χ0v) is 21.2. The number of hydrogen-bond acceptors (Lipinski definition) is 3. The third kappa shape index (κ3) is 8.11. The normalized spacial score (nSPS) is 18.1. The highest BCUT2D eigenvalue weighted by Gasteiger charge is 2.32. The van der Waals surface area contributed by atoms with Gasteiger partial charge in [-0.05, 0) is 54.0 Å². The SMILES string of the molecule is CCCCCCCCCOc1ccc(-c2ccc(CC(=O)C3CCC(CC)CC3=O)cc2)cc1. The van der Waals surface area contributed by atoms with Crippen LogP contribution in [0.25, 0.3) is 11.1 Å². The Morgan fingerprint density at radius 3 is 2.06 bits per heavy atom. The number of carbonyl (C=O) groups excluding carboxylic acids is 2. The monoisotopic (exact) mass is 462 g/mol. The molecule has 2 atom stereocenters. The fourth-order valence-electron chi connectivity index (χ4n) is 4.91. The largest absolute Gasteiger partial charge is 0.494 e. The number of benzene rings is 2. The van der Waals surface area contributed by atoms with Crippen molar-refractivity contribution < 1.29 is 14.3 Å². The highest BCUT2D eigenvalue weighted by Crippen LogP contribution is 2.30. The summed E-state index contributed by atoms with van der Waals surface area (Å²) in [7, 11) is 0. The summed E-state index contributed by atoms with van der Waals surface area (Å²) < 4.78 is 5.90. The average molecular weight is 463 g/mol. The maximum atomic E-state index is 12.7. The molecule has 2 aromatic rings. The molecule has 0 aromatic heterocycles. The molecule has 0 radical (unpaired) electrons. The molecule has 0 N–H and O–H groups in total. The first-order valence-electron chi connectivity index (χ1n) is 13.5. The first-order chi connectivity index (χ1) is 16.6. The first-order valence-corrected chi connectivity index (χ1v) is 13.5. The molecule has 0 saturated heterocycles. The summed E-state index contributed by atoms with van der Waals surface area (Å²) in [6.45, 7) is 5.15. The average Bonchev–Trinajstić information content (AvgIpc) is 2.86. The Kier molecular flexibility index (Phi) is 10.9. The second-order valence-corrected chi connectivity index (χ2v) is 9.91. The molecular weight excluding hydrogens is 420 g/mol. The van der Waals surface area contributed by atoms with Crippen LogP contribution in [0.5, 0.6) is 5.75 Å². The predicted molar refractivity (Wildman–Crippen MR) is 140 cm³/mol. The summed E-state index contributed by atoms with van der Waals surface area (Å²) >= 11 is 0. The molecule has 1 saturated carbocycles. The summed E-state index contributed by atoms with van der Waals surface area (Å²) in [6, 6.07) is 16.4. The van der Waals surface area contributed by atoms with Crippen LogP contribution < -0.4 is 4.74 Å². The Bertz CT molecular complexity index is 882. The summed E-state index contributed by atoms with van der Waals surface area (Å²) in [4.78, 5) is 25.1. The van der Waals surface area contributed by atoms with Crippen LogP contribution in [0.2, 0.25) is 0 Å². The van der Waals surface area contributed by atoms with Gasteiger partial charge in [0.25, 0.3) is 0 Å². The van der Waals surface area contributed by atoms with Gasteiger partial charge in [0.1, 0.15) is 17.3 Å². The summed E-state index contributed by atoms with van der Waals surface area (Å²) in [5.41, 5.74) is 3.23. The van der Waals surface area contributed by atoms with Crippen molar-refractivity contribution >= 4 is 11.6 Å². The fraction of sp³-hybridized carbons (Fsp3) is 0.548. The number of rotatable bonds is 14. The number of Topliss-reactive ketones (excluding diaryl/α,β-unsaturated/α-hetero) is 2. The van der Waals surface area contributed by atoms with Gasteiger partial charge in [0.2, 0.25) is 0 Å². The predicted octanol–water partition coefficient (Wildman–Crippen LogP) is 7.99. The summed E-state index contributed by atoms with van der Waals surface area (Å²) in [5, 5.41) is 0.